The topological polar surface area (TPSA) is 97.2 Å². The third-order valence-electron chi connectivity index (χ3n) is 1.58. The van der Waals surface area contributed by atoms with Crippen LogP contribution in [0.3, 0.4) is 0 Å². The summed E-state index contributed by atoms with van der Waals surface area (Å²) in [4.78, 5) is 17.5. The SMILES string of the molecule is COc1cc(C(=O)N=[N+]=[N-])cc(OC)n1. The highest BCUT2D eigenvalue weighted by molar-refractivity contribution is 5.95. The molecule has 0 radical (unpaired) electrons. The number of hydrogen-bond acceptors (Lipinski definition) is 4. The quantitative estimate of drug-likeness (QED) is 0.427. The molecule has 1 aromatic rings. The molecule has 0 unspecified atom stereocenters. The average molecular weight is 208 g/mol. The second-order valence-electron chi connectivity index (χ2n) is 2.44. The molecule has 0 N–H and O–H groups in total. The van der Waals surface area contributed by atoms with Crippen LogP contribution in [0.15, 0.2) is 17.2 Å². The Morgan fingerprint density at radius 3 is 2.33 bits per heavy atom. The van der Waals surface area contributed by atoms with Crippen LogP contribution in [0, 0.1) is 0 Å². The lowest BCUT2D eigenvalue weighted by Gasteiger charge is -2.04. The molecule has 0 aliphatic heterocycles. The number of aromatic nitrogens is 1. The maximum Gasteiger partial charge on any atom is 0.249 e. The van der Waals surface area contributed by atoms with Crippen molar-refractivity contribution < 1.29 is 14.3 Å². The standard InChI is InChI=1S/C8H8N4O3/c1-14-6-3-5(8(13)11-12-9)4-7(10-6)15-2/h3-4H,1-2H3. The summed E-state index contributed by atoms with van der Waals surface area (Å²) in [7, 11) is 2.81. The zero-order valence-electron chi connectivity index (χ0n) is 8.17. The van der Waals surface area contributed by atoms with E-state index in [1.165, 1.54) is 26.4 Å². The molecule has 1 heterocycles. The van der Waals surface area contributed by atoms with E-state index in [1.807, 2.05) is 0 Å². The number of amides is 1. The Kier molecular flexibility index (Phi) is 3.48. The summed E-state index contributed by atoms with van der Waals surface area (Å²) in [6.07, 6.45) is 0. The van der Waals surface area contributed by atoms with E-state index in [-0.39, 0.29) is 17.3 Å². The molecule has 1 rings (SSSR count). The predicted octanol–water partition coefficient (Wildman–Crippen LogP) is 1.55. The summed E-state index contributed by atoms with van der Waals surface area (Å²) in [5.74, 6) is -0.284. The van der Waals surface area contributed by atoms with E-state index in [9.17, 15) is 4.79 Å². The second kappa shape index (κ2) is 4.83. The fraction of sp³-hybridized carbons (Fsp3) is 0.250. The predicted molar refractivity (Wildman–Crippen MR) is 50.8 cm³/mol. The lowest BCUT2D eigenvalue weighted by Crippen LogP contribution is -1.99. The number of azide groups is 1. The Labute approximate surface area is 85.3 Å². The van der Waals surface area contributed by atoms with Gasteiger partial charge in [0.25, 0.3) is 0 Å². The molecular weight excluding hydrogens is 200 g/mol. The van der Waals surface area contributed by atoms with E-state index >= 15 is 0 Å². The molecule has 15 heavy (non-hydrogen) atoms. The molecule has 7 nitrogen and oxygen atoms in total. The van der Waals surface area contributed by atoms with Gasteiger partial charge in [-0.15, -0.1) is 0 Å². The minimum atomic E-state index is -0.712. The number of carbonyl (C=O) groups excluding carboxylic acids is 1. The van der Waals surface area contributed by atoms with Crippen molar-refractivity contribution in [3.05, 3.63) is 28.1 Å². The van der Waals surface area contributed by atoms with Crippen molar-refractivity contribution in [2.24, 2.45) is 5.11 Å². The van der Waals surface area contributed by atoms with Gasteiger partial charge in [-0.3, -0.25) is 4.79 Å². The average Bonchev–Trinajstić information content (AvgIpc) is 2.28. The minimum Gasteiger partial charge on any atom is -0.481 e. The molecule has 0 aliphatic carbocycles. The van der Waals surface area contributed by atoms with E-state index in [4.69, 9.17) is 15.0 Å². The van der Waals surface area contributed by atoms with E-state index in [0.717, 1.165) is 0 Å². The van der Waals surface area contributed by atoms with Gasteiger partial charge in [0.05, 0.1) is 14.2 Å². The number of hydrogen-bond donors (Lipinski definition) is 0. The van der Waals surface area contributed by atoms with E-state index in [2.05, 4.69) is 15.0 Å². The van der Waals surface area contributed by atoms with Gasteiger partial charge in [-0.2, -0.15) is 4.98 Å². The monoisotopic (exact) mass is 208 g/mol. The first-order valence-corrected chi connectivity index (χ1v) is 3.90. The Hall–Kier alpha value is -2.27. The number of pyridine rings is 1. The van der Waals surface area contributed by atoms with Crippen LogP contribution in [-0.2, 0) is 0 Å². The van der Waals surface area contributed by atoms with Crippen LogP contribution in [0.25, 0.3) is 10.4 Å². The molecule has 1 aromatic heterocycles. The van der Waals surface area contributed by atoms with Crippen LogP contribution in [-0.4, -0.2) is 25.1 Å². The lowest BCUT2D eigenvalue weighted by molar-refractivity contribution is 0.0999. The van der Waals surface area contributed by atoms with E-state index < -0.39 is 5.91 Å². The molecule has 78 valence electrons. The van der Waals surface area contributed by atoms with Crippen molar-refractivity contribution in [1.82, 2.24) is 4.98 Å². The molecule has 0 spiro atoms. The highest BCUT2D eigenvalue weighted by atomic mass is 16.5. The van der Waals surface area contributed by atoms with Crippen LogP contribution in [0.2, 0.25) is 0 Å². The van der Waals surface area contributed by atoms with Gasteiger partial charge in [0.15, 0.2) is 0 Å². The van der Waals surface area contributed by atoms with Gasteiger partial charge in [-0.25, -0.2) is 0 Å². The van der Waals surface area contributed by atoms with Gasteiger partial charge in [-0.1, -0.05) is 0 Å². The maximum absolute atomic E-state index is 11.2. The summed E-state index contributed by atoms with van der Waals surface area (Å²) in [6, 6.07) is 2.72. The summed E-state index contributed by atoms with van der Waals surface area (Å²) in [6.45, 7) is 0. The molecule has 0 atom stereocenters. The smallest absolute Gasteiger partial charge is 0.249 e. The van der Waals surface area contributed by atoms with Crippen molar-refractivity contribution in [3.8, 4) is 11.8 Å². The third-order valence-corrected chi connectivity index (χ3v) is 1.58. The zero-order valence-corrected chi connectivity index (χ0v) is 8.17. The van der Waals surface area contributed by atoms with Gasteiger partial charge >= 0.3 is 0 Å². The van der Waals surface area contributed by atoms with Crippen LogP contribution in [0.1, 0.15) is 10.4 Å². The fourth-order valence-electron chi connectivity index (χ4n) is 0.912. The molecule has 7 heteroatoms. The van der Waals surface area contributed by atoms with Crippen LogP contribution >= 0.6 is 0 Å². The van der Waals surface area contributed by atoms with Crippen LogP contribution < -0.4 is 9.47 Å². The van der Waals surface area contributed by atoms with Gasteiger partial charge in [0.2, 0.25) is 17.7 Å². The van der Waals surface area contributed by atoms with Gasteiger partial charge < -0.3 is 9.47 Å². The normalized spacial score (nSPS) is 8.93. The highest BCUT2D eigenvalue weighted by Gasteiger charge is 2.08. The van der Waals surface area contributed by atoms with Crippen molar-refractivity contribution in [2.45, 2.75) is 0 Å². The summed E-state index contributed by atoms with van der Waals surface area (Å²) < 4.78 is 9.70. The van der Waals surface area contributed by atoms with Crippen LogP contribution in [0.5, 0.6) is 11.8 Å². The van der Waals surface area contributed by atoms with E-state index in [0.29, 0.717) is 0 Å². The van der Waals surface area contributed by atoms with Crippen molar-refractivity contribution in [2.75, 3.05) is 14.2 Å². The van der Waals surface area contributed by atoms with Crippen LogP contribution in [0.4, 0.5) is 0 Å². The lowest BCUT2D eigenvalue weighted by atomic mass is 10.2. The largest absolute Gasteiger partial charge is 0.481 e. The molecule has 0 bridgehead atoms. The third kappa shape index (κ3) is 2.58. The first-order valence-electron chi connectivity index (χ1n) is 3.90. The fourth-order valence-corrected chi connectivity index (χ4v) is 0.912. The number of ether oxygens (including phenoxy) is 2. The summed E-state index contributed by atoms with van der Waals surface area (Å²) in [5.41, 5.74) is 8.27. The minimum absolute atomic E-state index is 0.163. The van der Waals surface area contributed by atoms with Crippen molar-refractivity contribution in [3.63, 3.8) is 0 Å². The molecule has 0 fully saturated rings. The summed E-state index contributed by atoms with van der Waals surface area (Å²) >= 11 is 0. The highest BCUT2D eigenvalue weighted by Crippen LogP contribution is 2.18. The number of nitrogens with zero attached hydrogens (tertiary/aromatic N) is 4. The second-order valence-corrected chi connectivity index (χ2v) is 2.44. The molecule has 0 aromatic carbocycles. The molecule has 1 amide bonds. The van der Waals surface area contributed by atoms with Gasteiger partial charge in [0, 0.05) is 22.6 Å². The van der Waals surface area contributed by atoms with Crippen molar-refractivity contribution >= 4 is 5.91 Å². The Morgan fingerprint density at radius 2 is 1.93 bits per heavy atom. The Morgan fingerprint density at radius 1 is 1.40 bits per heavy atom. The van der Waals surface area contributed by atoms with Gasteiger partial charge in [-0.05, 0) is 10.6 Å². The van der Waals surface area contributed by atoms with Gasteiger partial charge in [0.1, 0.15) is 0 Å². The first kappa shape index (κ1) is 10.8. The molecule has 0 saturated heterocycles. The molecule has 0 aliphatic rings. The zero-order chi connectivity index (χ0) is 11.3. The molecule has 0 saturated carbocycles. The van der Waals surface area contributed by atoms with Crippen molar-refractivity contribution in [1.29, 1.82) is 0 Å². The molecular formula is C8H8N4O3. The number of carbonyl (C=O) groups is 1. The Bertz CT molecular complexity index is 404. The number of rotatable bonds is 3. The Balaban J connectivity index is 3.17. The summed E-state index contributed by atoms with van der Waals surface area (Å²) in [5, 5.41) is 2.95. The number of methoxy groups -OCH3 is 2. The maximum atomic E-state index is 11.2. The first-order chi connectivity index (χ1) is 7.21. The van der Waals surface area contributed by atoms with E-state index in [1.54, 1.807) is 0 Å².